The van der Waals surface area contributed by atoms with Gasteiger partial charge in [0, 0.05) is 47.9 Å². The molecule has 14 heteroatoms. The molecular weight excluding hydrogens is 648 g/mol. The Hall–Kier alpha value is -4.47. The normalized spacial score (nSPS) is 22.2. The molecule has 3 aromatic carbocycles. The van der Waals surface area contributed by atoms with E-state index in [4.69, 9.17) is 4.74 Å². The highest BCUT2D eigenvalue weighted by atomic mass is 28.4. The minimum absolute atomic E-state index is 0.0711. The first-order chi connectivity index (χ1) is 23.2. The first-order valence-corrected chi connectivity index (χ1v) is 19.2. The molecule has 49 heavy (non-hydrogen) atoms. The number of benzene rings is 3. The summed E-state index contributed by atoms with van der Waals surface area (Å²) < 4.78 is 6.72. The number of amides is 3. The lowest BCUT2D eigenvalue weighted by molar-refractivity contribution is -0.385. The smallest absolute Gasteiger partial charge is 0.269 e. The van der Waals surface area contributed by atoms with Gasteiger partial charge in [0.15, 0.2) is 13.9 Å². The van der Waals surface area contributed by atoms with E-state index in [0.717, 1.165) is 5.56 Å². The molecule has 0 aromatic heterocycles. The summed E-state index contributed by atoms with van der Waals surface area (Å²) in [6.07, 6.45) is -2.25. The molecule has 2 heterocycles. The fraction of sp³-hybridized carbons (Fsp3) is 0.400. The van der Waals surface area contributed by atoms with Crippen molar-refractivity contribution in [2.24, 2.45) is 5.92 Å². The Bertz CT molecular complexity index is 1710. The number of non-ortho nitro benzene ring substituents is 1. The van der Waals surface area contributed by atoms with Crippen LogP contribution in [-0.4, -0.2) is 76.2 Å². The van der Waals surface area contributed by atoms with Crippen molar-refractivity contribution in [3.8, 4) is 0 Å². The molecule has 1 fully saturated rings. The first-order valence-electron chi connectivity index (χ1n) is 16.2. The van der Waals surface area contributed by atoms with Crippen LogP contribution in [0, 0.1) is 16.0 Å². The van der Waals surface area contributed by atoms with Crippen molar-refractivity contribution < 1.29 is 39.1 Å². The number of nitro groups is 1. The van der Waals surface area contributed by atoms with Crippen LogP contribution in [-0.2, 0) is 37.8 Å². The minimum Gasteiger partial charge on any atom is -0.432 e. The Balaban J connectivity index is 1.50. The van der Waals surface area contributed by atoms with Crippen LogP contribution in [0.25, 0.3) is 0 Å². The summed E-state index contributed by atoms with van der Waals surface area (Å²) in [5, 5.41) is 33.8. The van der Waals surface area contributed by atoms with Gasteiger partial charge in [-0.1, -0.05) is 49.4 Å². The number of anilines is 2. The van der Waals surface area contributed by atoms with E-state index >= 15 is 0 Å². The molecule has 3 amide bonds. The van der Waals surface area contributed by atoms with E-state index in [9.17, 15) is 39.5 Å². The summed E-state index contributed by atoms with van der Waals surface area (Å²) in [5.41, 5.74) is 0.198. The zero-order valence-electron chi connectivity index (χ0n) is 27.9. The quantitative estimate of drug-likeness (QED) is 0.125. The summed E-state index contributed by atoms with van der Waals surface area (Å²) in [5.74, 6) is -2.00. The van der Waals surface area contributed by atoms with Gasteiger partial charge in [-0.15, -0.1) is 0 Å². The van der Waals surface area contributed by atoms with Gasteiger partial charge in [0.25, 0.3) is 17.5 Å². The molecule has 260 valence electrons. The van der Waals surface area contributed by atoms with Gasteiger partial charge in [-0.3, -0.25) is 24.5 Å². The van der Waals surface area contributed by atoms with Gasteiger partial charge in [0.2, 0.25) is 5.91 Å². The standard InChI is InChI=1S/C35H42N4O9Si/c1-22-32(49(3,4)47)30(19-31(42)37(16-17-40)20-24-8-6-5-7-9-24)48-35(22)28-18-27(39(45)46)14-15-29(28)38(34(35)44)21-25-10-12-26(13-11-25)36-33(43)23(2)41/h5-15,18,22-23,30,32,40-41,47H,16-17,19-21H2,1-4H3,(H,36,43)/t22-,23+,30+,32-,35+/m1/s1. The van der Waals surface area contributed by atoms with Crippen molar-refractivity contribution in [3.05, 3.63) is 99.6 Å². The maximum absolute atomic E-state index is 14.7. The molecular formula is C35H42N4O9Si. The Morgan fingerprint density at radius 2 is 1.78 bits per heavy atom. The maximum Gasteiger partial charge on any atom is 0.269 e. The van der Waals surface area contributed by atoms with E-state index in [-0.39, 0.29) is 44.3 Å². The topological polar surface area (TPSA) is 183 Å². The number of nitrogens with one attached hydrogen (secondary N) is 1. The van der Waals surface area contributed by atoms with Crippen LogP contribution in [0.4, 0.5) is 17.1 Å². The van der Waals surface area contributed by atoms with Crippen molar-refractivity contribution in [1.29, 1.82) is 0 Å². The van der Waals surface area contributed by atoms with Gasteiger partial charge in [-0.25, -0.2) is 0 Å². The molecule has 5 atom stereocenters. The first kappa shape index (κ1) is 35.8. The average molecular weight is 691 g/mol. The maximum atomic E-state index is 14.7. The number of nitrogens with zero attached hydrogens (tertiary/aromatic N) is 3. The zero-order valence-corrected chi connectivity index (χ0v) is 28.9. The third-order valence-electron chi connectivity index (χ3n) is 9.43. The molecule has 0 radical (unpaired) electrons. The number of aliphatic hydroxyl groups is 2. The van der Waals surface area contributed by atoms with E-state index in [1.807, 2.05) is 30.3 Å². The molecule has 2 aliphatic heterocycles. The van der Waals surface area contributed by atoms with Crippen molar-refractivity contribution in [3.63, 3.8) is 0 Å². The highest BCUT2D eigenvalue weighted by Gasteiger charge is 2.66. The van der Waals surface area contributed by atoms with Crippen molar-refractivity contribution in [2.75, 3.05) is 23.4 Å². The largest absolute Gasteiger partial charge is 0.432 e. The van der Waals surface area contributed by atoms with E-state index < -0.39 is 54.3 Å². The summed E-state index contributed by atoms with van der Waals surface area (Å²) in [4.78, 5) is 66.5. The van der Waals surface area contributed by atoms with Gasteiger partial charge in [-0.2, -0.15) is 0 Å². The number of nitro benzene ring substituents is 1. The lowest BCUT2D eigenvalue weighted by atomic mass is 9.82. The highest BCUT2D eigenvalue weighted by molar-refractivity contribution is 6.71. The number of hydrogen-bond acceptors (Lipinski definition) is 9. The number of aliphatic hydroxyl groups excluding tert-OH is 2. The fourth-order valence-corrected chi connectivity index (χ4v) is 9.73. The van der Waals surface area contributed by atoms with E-state index in [0.29, 0.717) is 22.5 Å². The number of rotatable bonds is 12. The molecule has 1 spiro atoms. The Morgan fingerprint density at radius 1 is 1.10 bits per heavy atom. The lowest BCUT2D eigenvalue weighted by Crippen LogP contribution is -2.46. The fourth-order valence-electron chi connectivity index (χ4n) is 7.18. The van der Waals surface area contributed by atoms with Gasteiger partial charge in [0.1, 0.15) is 6.10 Å². The molecule has 13 nitrogen and oxygen atoms in total. The summed E-state index contributed by atoms with van der Waals surface area (Å²) in [6.45, 7) is 6.75. The van der Waals surface area contributed by atoms with Crippen LogP contribution < -0.4 is 10.2 Å². The number of carbonyl (C=O) groups is 3. The van der Waals surface area contributed by atoms with Crippen molar-refractivity contribution >= 4 is 43.1 Å². The van der Waals surface area contributed by atoms with Gasteiger partial charge >= 0.3 is 0 Å². The highest BCUT2D eigenvalue weighted by Crippen LogP contribution is 2.60. The van der Waals surface area contributed by atoms with Crippen LogP contribution in [0.3, 0.4) is 0 Å². The van der Waals surface area contributed by atoms with Crippen LogP contribution in [0.2, 0.25) is 18.6 Å². The van der Waals surface area contributed by atoms with Crippen LogP contribution in [0.15, 0.2) is 72.8 Å². The van der Waals surface area contributed by atoms with Gasteiger partial charge < -0.3 is 34.9 Å². The average Bonchev–Trinajstić information content (AvgIpc) is 3.47. The summed E-state index contributed by atoms with van der Waals surface area (Å²) in [7, 11) is -3.15. The third kappa shape index (κ3) is 7.14. The van der Waals surface area contributed by atoms with E-state index in [2.05, 4.69) is 5.32 Å². The molecule has 0 bridgehead atoms. The van der Waals surface area contributed by atoms with Gasteiger partial charge in [-0.05, 0) is 49.3 Å². The second kappa shape index (κ2) is 14.2. The summed E-state index contributed by atoms with van der Waals surface area (Å²) >= 11 is 0. The molecule has 0 aliphatic carbocycles. The molecule has 2 aliphatic rings. The second-order valence-corrected chi connectivity index (χ2v) is 17.3. The van der Waals surface area contributed by atoms with Crippen LogP contribution in [0.5, 0.6) is 0 Å². The zero-order chi connectivity index (χ0) is 35.7. The van der Waals surface area contributed by atoms with Gasteiger partial charge in [0.05, 0.1) is 36.3 Å². The monoisotopic (exact) mass is 690 g/mol. The Labute approximate surface area is 285 Å². The number of fused-ring (bicyclic) bond motifs is 2. The van der Waals surface area contributed by atoms with E-state index in [1.165, 1.54) is 34.9 Å². The second-order valence-electron chi connectivity index (χ2n) is 13.3. The summed E-state index contributed by atoms with van der Waals surface area (Å²) in [6, 6.07) is 20.2. The predicted molar refractivity (Wildman–Crippen MR) is 184 cm³/mol. The lowest BCUT2D eigenvalue weighted by Gasteiger charge is -2.32. The Kier molecular flexibility index (Phi) is 10.4. The molecule has 1 saturated heterocycles. The van der Waals surface area contributed by atoms with E-state index in [1.54, 1.807) is 44.3 Å². The molecule has 0 saturated carbocycles. The van der Waals surface area contributed by atoms with Crippen LogP contribution in [0.1, 0.15) is 37.0 Å². The molecule has 3 aromatic rings. The van der Waals surface area contributed by atoms with Crippen LogP contribution >= 0.6 is 0 Å². The molecule has 0 unspecified atom stereocenters. The molecule has 4 N–H and O–H groups in total. The molecule has 5 rings (SSSR count). The predicted octanol–water partition coefficient (Wildman–Crippen LogP) is 3.67. The SMILES string of the molecule is C[C@H](O)C(=O)Nc1ccc(CN2C(=O)[C@@]3(O[C@@H](CC(=O)N(CCO)Cc4ccccc4)[C@H]([Si](C)(C)O)[C@H]3C)c3cc([N+](=O)[O-])ccc32)cc1. The van der Waals surface area contributed by atoms with Crippen molar-refractivity contribution in [2.45, 2.75) is 69.8 Å². The van der Waals surface area contributed by atoms with Crippen molar-refractivity contribution in [1.82, 2.24) is 4.90 Å². The number of carbonyl (C=O) groups excluding carboxylic acids is 3. The third-order valence-corrected chi connectivity index (χ3v) is 11.9. The number of ether oxygens (including phenoxy) is 1. The minimum atomic E-state index is -3.15. The Morgan fingerprint density at radius 3 is 2.37 bits per heavy atom. The number of hydrogen-bond donors (Lipinski definition) is 4.